The van der Waals surface area contributed by atoms with Crippen molar-refractivity contribution in [3.63, 3.8) is 0 Å². The lowest BCUT2D eigenvalue weighted by atomic mass is 9.96. The Hall–Kier alpha value is -2.97. The number of hydrogen-bond acceptors (Lipinski definition) is 4. The Morgan fingerprint density at radius 1 is 1.00 bits per heavy atom. The summed E-state index contributed by atoms with van der Waals surface area (Å²) in [4.78, 5) is 42.9. The largest absolute Gasteiger partial charge is 0.368 e. The highest BCUT2D eigenvalue weighted by Gasteiger charge is 2.24. The van der Waals surface area contributed by atoms with Crippen LogP contribution in [-0.4, -0.2) is 79.1 Å². The Morgan fingerprint density at radius 2 is 1.65 bits per heavy atom. The second-order valence-corrected chi connectivity index (χ2v) is 9.41. The summed E-state index contributed by atoms with van der Waals surface area (Å²) in [6, 6.07) is 7.79. The van der Waals surface area contributed by atoms with Crippen LogP contribution in [0.4, 0.5) is 21.0 Å². The maximum absolute atomic E-state index is 12.6. The van der Waals surface area contributed by atoms with Gasteiger partial charge in [0.2, 0.25) is 5.91 Å². The molecule has 0 atom stereocenters. The number of benzene rings is 1. The van der Waals surface area contributed by atoms with Crippen LogP contribution in [0, 0.1) is 0 Å². The zero-order valence-corrected chi connectivity index (χ0v) is 20.8. The van der Waals surface area contributed by atoms with Crippen LogP contribution in [0.5, 0.6) is 0 Å². The number of nitrogens with one attached hydrogen (secondary N) is 3. The Balaban J connectivity index is 1.46. The van der Waals surface area contributed by atoms with Gasteiger partial charge in [0.05, 0.1) is 0 Å². The van der Waals surface area contributed by atoms with Gasteiger partial charge in [-0.2, -0.15) is 0 Å². The third-order valence-corrected chi connectivity index (χ3v) is 6.54. The van der Waals surface area contributed by atoms with Crippen molar-refractivity contribution in [1.82, 2.24) is 20.4 Å². The van der Waals surface area contributed by atoms with Crippen molar-refractivity contribution in [2.75, 3.05) is 49.5 Å². The van der Waals surface area contributed by atoms with Gasteiger partial charge in [0.1, 0.15) is 6.54 Å². The van der Waals surface area contributed by atoms with Crippen LogP contribution in [-0.2, 0) is 4.79 Å². The molecule has 1 saturated carbocycles. The molecule has 34 heavy (non-hydrogen) atoms. The third-order valence-electron chi connectivity index (χ3n) is 6.54. The normalized spacial score (nSPS) is 16.8. The monoisotopic (exact) mass is 472 g/mol. The third kappa shape index (κ3) is 7.27. The topological polar surface area (TPSA) is 97.0 Å². The molecule has 9 nitrogen and oxygen atoms in total. The Kier molecular flexibility index (Phi) is 9.42. The van der Waals surface area contributed by atoms with Gasteiger partial charge in [-0.25, -0.2) is 9.59 Å². The van der Waals surface area contributed by atoms with Crippen molar-refractivity contribution in [2.24, 2.45) is 0 Å². The minimum atomic E-state index is -0.241. The van der Waals surface area contributed by atoms with Crippen molar-refractivity contribution in [2.45, 2.75) is 65.0 Å². The first-order valence-electron chi connectivity index (χ1n) is 12.6. The fourth-order valence-corrected chi connectivity index (χ4v) is 4.53. The maximum atomic E-state index is 12.6. The van der Waals surface area contributed by atoms with E-state index in [1.54, 1.807) is 0 Å². The van der Waals surface area contributed by atoms with E-state index in [-0.39, 0.29) is 30.6 Å². The van der Waals surface area contributed by atoms with E-state index in [1.165, 1.54) is 24.2 Å². The minimum absolute atomic E-state index is 0.00384. The molecule has 2 fully saturated rings. The minimum Gasteiger partial charge on any atom is -0.368 e. The molecule has 0 bridgehead atoms. The lowest BCUT2D eigenvalue weighted by Gasteiger charge is -2.37. The van der Waals surface area contributed by atoms with Gasteiger partial charge in [-0.3, -0.25) is 4.79 Å². The number of anilines is 2. The second kappa shape index (κ2) is 12.5. The van der Waals surface area contributed by atoms with E-state index < -0.39 is 0 Å². The second-order valence-electron chi connectivity index (χ2n) is 9.41. The summed E-state index contributed by atoms with van der Waals surface area (Å²) in [5, 5.41) is 8.82. The molecule has 188 valence electrons. The van der Waals surface area contributed by atoms with E-state index in [0.717, 1.165) is 31.6 Å². The number of carbonyl (C=O) groups excluding carboxylic acids is 3. The van der Waals surface area contributed by atoms with Gasteiger partial charge in [0.15, 0.2) is 0 Å². The van der Waals surface area contributed by atoms with E-state index in [2.05, 4.69) is 20.9 Å². The molecule has 1 saturated heterocycles. The van der Waals surface area contributed by atoms with Crippen molar-refractivity contribution >= 4 is 29.3 Å². The molecule has 0 aromatic heterocycles. The lowest BCUT2D eigenvalue weighted by molar-refractivity contribution is -0.117. The van der Waals surface area contributed by atoms with E-state index in [0.29, 0.717) is 31.4 Å². The fourth-order valence-electron chi connectivity index (χ4n) is 4.53. The van der Waals surface area contributed by atoms with E-state index in [9.17, 15) is 14.4 Å². The van der Waals surface area contributed by atoms with Gasteiger partial charge < -0.3 is 30.7 Å². The fraction of sp³-hybridized carbons (Fsp3) is 0.640. The quantitative estimate of drug-likeness (QED) is 0.568. The first-order chi connectivity index (χ1) is 16.4. The summed E-state index contributed by atoms with van der Waals surface area (Å²) >= 11 is 0. The number of piperazine rings is 1. The number of carbonyl (C=O) groups is 3. The van der Waals surface area contributed by atoms with Crippen LogP contribution in [0.25, 0.3) is 0 Å². The predicted octanol–water partition coefficient (Wildman–Crippen LogP) is 3.23. The molecule has 1 aromatic carbocycles. The van der Waals surface area contributed by atoms with Crippen LogP contribution >= 0.6 is 0 Å². The van der Waals surface area contributed by atoms with Gasteiger partial charge >= 0.3 is 12.1 Å². The zero-order valence-electron chi connectivity index (χ0n) is 20.8. The summed E-state index contributed by atoms with van der Waals surface area (Å²) in [6.07, 6.45) is 5.88. The molecule has 1 aromatic rings. The SMILES string of the molecule is CCNC(=O)N(CC(=O)Nc1ccc(N2CCN(C(=O)NC3CCCCC3)CC2)cc1)C(C)C. The molecule has 9 heteroatoms. The van der Waals surface area contributed by atoms with Crippen molar-refractivity contribution in [3.05, 3.63) is 24.3 Å². The van der Waals surface area contributed by atoms with Crippen LogP contribution in [0.15, 0.2) is 24.3 Å². The highest BCUT2D eigenvalue weighted by Crippen LogP contribution is 2.21. The highest BCUT2D eigenvalue weighted by atomic mass is 16.2. The summed E-state index contributed by atoms with van der Waals surface area (Å²) in [6.45, 7) is 9.08. The number of rotatable bonds is 7. The summed E-state index contributed by atoms with van der Waals surface area (Å²) in [7, 11) is 0. The van der Waals surface area contributed by atoms with E-state index in [1.807, 2.05) is 49.9 Å². The average molecular weight is 473 g/mol. The summed E-state index contributed by atoms with van der Waals surface area (Å²) in [5.41, 5.74) is 1.76. The molecule has 3 rings (SSSR count). The summed E-state index contributed by atoms with van der Waals surface area (Å²) in [5.74, 6) is -0.231. The standard InChI is InChI=1S/C25H40N6O3/c1-4-26-24(33)31(19(2)3)18-23(32)27-21-10-12-22(13-11-21)29-14-16-30(17-15-29)25(34)28-20-8-6-5-7-9-20/h10-13,19-20H,4-9,14-18H2,1-3H3,(H,26,33)(H,27,32)(H,28,34). The Labute approximate surface area is 203 Å². The molecule has 0 unspecified atom stereocenters. The van der Waals surface area contributed by atoms with E-state index in [4.69, 9.17) is 0 Å². The van der Waals surface area contributed by atoms with Gasteiger partial charge in [-0.1, -0.05) is 19.3 Å². The number of nitrogens with zero attached hydrogens (tertiary/aromatic N) is 3. The molecule has 1 aliphatic carbocycles. The lowest BCUT2D eigenvalue weighted by Crippen LogP contribution is -2.53. The first kappa shape index (κ1) is 25.6. The number of hydrogen-bond donors (Lipinski definition) is 3. The van der Waals surface area contributed by atoms with Crippen LogP contribution in [0.2, 0.25) is 0 Å². The molecular formula is C25H40N6O3. The molecule has 1 heterocycles. The molecule has 2 aliphatic rings. The molecule has 1 aliphatic heterocycles. The maximum Gasteiger partial charge on any atom is 0.318 e. The van der Waals surface area contributed by atoms with Gasteiger partial charge in [-0.15, -0.1) is 0 Å². The van der Waals surface area contributed by atoms with E-state index >= 15 is 0 Å². The van der Waals surface area contributed by atoms with Crippen molar-refractivity contribution < 1.29 is 14.4 Å². The highest BCUT2D eigenvalue weighted by molar-refractivity contribution is 5.94. The Morgan fingerprint density at radius 3 is 2.24 bits per heavy atom. The molecule has 0 radical (unpaired) electrons. The van der Waals surface area contributed by atoms with Gasteiger partial charge in [0, 0.05) is 56.2 Å². The average Bonchev–Trinajstić information content (AvgIpc) is 2.83. The Bertz CT molecular complexity index is 814. The van der Waals surface area contributed by atoms with Crippen molar-refractivity contribution in [3.8, 4) is 0 Å². The zero-order chi connectivity index (χ0) is 24.5. The molecule has 0 spiro atoms. The molecule has 5 amide bonds. The van der Waals surface area contributed by atoms with Gasteiger partial charge in [-0.05, 0) is 57.9 Å². The molecular weight excluding hydrogens is 432 g/mol. The summed E-state index contributed by atoms with van der Waals surface area (Å²) < 4.78 is 0. The number of amides is 5. The van der Waals surface area contributed by atoms with Crippen molar-refractivity contribution in [1.29, 1.82) is 0 Å². The number of urea groups is 2. The van der Waals surface area contributed by atoms with Gasteiger partial charge in [0.25, 0.3) is 0 Å². The van der Waals surface area contributed by atoms with Crippen LogP contribution in [0.1, 0.15) is 52.9 Å². The van der Waals surface area contributed by atoms with Crippen LogP contribution < -0.4 is 20.9 Å². The first-order valence-corrected chi connectivity index (χ1v) is 12.6. The molecule has 3 N–H and O–H groups in total. The van der Waals surface area contributed by atoms with Crippen LogP contribution in [0.3, 0.4) is 0 Å². The predicted molar refractivity (Wildman–Crippen MR) is 135 cm³/mol. The smallest absolute Gasteiger partial charge is 0.318 e.